The van der Waals surface area contributed by atoms with Crippen molar-refractivity contribution in [1.82, 2.24) is 4.90 Å². The topological polar surface area (TPSA) is 60.2 Å². The Labute approximate surface area is 140 Å². The molecular formula is C16H23N2O4S+. The van der Waals surface area contributed by atoms with Gasteiger partial charge in [0.1, 0.15) is 11.2 Å². The number of carbonyl (C=O) groups is 2. The number of amides is 2. The molecule has 0 saturated heterocycles. The van der Waals surface area contributed by atoms with Crippen molar-refractivity contribution in [2.45, 2.75) is 52.7 Å². The van der Waals surface area contributed by atoms with Crippen molar-refractivity contribution < 1.29 is 19.1 Å². The fraction of sp³-hybridized carbons (Fsp3) is 0.562. The third kappa shape index (κ3) is 7.66. The second-order valence-electron chi connectivity index (χ2n) is 6.78. The lowest BCUT2D eigenvalue weighted by atomic mass is 10.2. The van der Waals surface area contributed by atoms with Gasteiger partial charge in [-0.2, -0.15) is 0 Å². The molecule has 1 rings (SSSR count). The maximum absolute atomic E-state index is 12.2. The van der Waals surface area contributed by atoms with Gasteiger partial charge in [-0.05, 0) is 59.1 Å². The lowest BCUT2D eigenvalue weighted by Crippen LogP contribution is -2.43. The third-order valence-corrected chi connectivity index (χ3v) is 2.92. The second kappa shape index (κ2) is 7.47. The van der Waals surface area contributed by atoms with Crippen molar-refractivity contribution in [3.8, 4) is 6.07 Å². The minimum absolute atomic E-state index is 0.221. The molecule has 0 atom stereocenters. The molecule has 0 aromatic carbocycles. The lowest BCUT2D eigenvalue weighted by molar-refractivity contribution is 0.00365. The molecular weight excluding hydrogens is 316 g/mol. The van der Waals surface area contributed by atoms with Gasteiger partial charge in [-0.15, -0.1) is 16.2 Å². The predicted octanol–water partition coefficient (Wildman–Crippen LogP) is 4.56. The van der Waals surface area contributed by atoms with E-state index in [1.807, 2.05) is 17.5 Å². The van der Waals surface area contributed by atoms with Crippen LogP contribution in [0.25, 0.3) is 4.85 Å². The van der Waals surface area contributed by atoms with Crippen LogP contribution in [0.5, 0.6) is 0 Å². The molecule has 0 aliphatic rings. The van der Waals surface area contributed by atoms with E-state index in [4.69, 9.17) is 9.47 Å². The fourth-order valence-corrected chi connectivity index (χ4v) is 1.93. The van der Waals surface area contributed by atoms with Gasteiger partial charge in [0, 0.05) is 0 Å². The molecule has 0 spiro atoms. The summed E-state index contributed by atoms with van der Waals surface area (Å²) in [6.07, 6.45) is -1.60. The van der Waals surface area contributed by atoms with E-state index in [9.17, 15) is 9.59 Å². The molecule has 0 fully saturated rings. The number of hydrogen-bond donors (Lipinski definition) is 0. The Hall–Kier alpha value is -2.07. The van der Waals surface area contributed by atoms with E-state index in [0.29, 0.717) is 0 Å². The first-order valence-electron chi connectivity index (χ1n) is 7.17. The molecule has 0 unspecified atom stereocenters. The Morgan fingerprint density at radius 1 is 1.13 bits per heavy atom. The highest BCUT2D eigenvalue weighted by atomic mass is 32.1. The Balaban J connectivity index is 2.87. The Morgan fingerprint density at radius 3 is 2.04 bits per heavy atom. The first kappa shape index (κ1) is 19.0. The number of thiophene rings is 1. The van der Waals surface area contributed by atoms with Crippen LogP contribution in [0.3, 0.4) is 0 Å². The van der Waals surface area contributed by atoms with Gasteiger partial charge in [-0.1, -0.05) is 4.85 Å². The van der Waals surface area contributed by atoms with Crippen LogP contribution in [-0.2, 0) is 9.47 Å². The van der Waals surface area contributed by atoms with E-state index in [-0.39, 0.29) is 6.67 Å². The van der Waals surface area contributed by atoms with E-state index < -0.39 is 23.4 Å². The smallest absolute Gasteiger partial charge is 0.425 e. The molecule has 1 aromatic heterocycles. The summed E-state index contributed by atoms with van der Waals surface area (Å²) in [5, 5.41) is 1.89. The monoisotopic (exact) mass is 339 g/mol. The van der Waals surface area contributed by atoms with Gasteiger partial charge in [0.15, 0.2) is 4.88 Å². The zero-order valence-corrected chi connectivity index (χ0v) is 15.2. The molecule has 0 saturated carbocycles. The summed E-state index contributed by atoms with van der Waals surface area (Å²) >= 11 is 1.46. The molecule has 126 valence electrons. The number of nitrogens with zero attached hydrogens (tertiary/aromatic N) is 2. The summed E-state index contributed by atoms with van der Waals surface area (Å²) in [7, 11) is 0. The SMILES string of the molecule is CC(C)(C)OC(=O)N(C[N+]#Cc1cccs1)C(=O)OC(C)(C)C. The Morgan fingerprint density at radius 2 is 1.65 bits per heavy atom. The van der Waals surface area contributed by atoms with Gasteiger partial charge in [0.2, 0.25) is 0 Å². The summed E-state index contributed by atoms with van der Waals surface area (Å²) in [5.41, 5.74) is -1.45. The van der Waals surface area contributed by atoms with Gasteiger partial charge < -0.3 is 9.47 Å². The number of hydrogen-bond acceptors (Lipinski definition) is 5. The lowest BCUT2D eigenvalue weighted by Gasteiger charge is -2.25. The van der Waals surface area contributed by atoms with E-state index in [1.54, 1.807) is 41.5 Å². The minimum atomic E-state index is -0.802. The maximum Gasteiger partial charge on any atom is 0.425 e. The fourth-order valence-electron chi connectivity index (χ4n) is 1.35. The molecule has 2 amide bonds. The van der Waals surface area contributed by atoms with Crippen LogP contribution in [0.15, 0.2) is 17.5 Å². The predicted molar refractivity (Wildman–Crippen MR) is 89.8 cm³/mol. The molecule has 0 aliphatic carbocycles. The van der Waals surface area contributed by atoms with Crippen LogP contribution in [0.2, 0.25) is 0 Å². The van der Waals surface area contributed by atoms with Crippen molar-refractivity contribution in [3.05, 3.63) is 27.2 Å². The van der Waals surface area contributed by atoms with Crippen molar-refractivity contribution in [2.75, 3.05) is 6.67 Å². The van der Waals surface area contributed by atoms with Crippen molar-refractivity contribution >= 4 is 23.5 Å². The summed E-state index contributed by atoms with van der Waals surface area (Å²) in [4.78, 5) is 30.0. The van der Waals surface area contributed by atoms with Gasteiger partial charge in [0.05, 0.1) is 0 Å². The highest BCUT2D eigenvalue weighted by molar-refractivity contribution is 7.10. The van der Waals surface area contributed by atoms with Crippen molar-refractivity contribution in [2.24, 2.45) is 0 Å². The number of carbonyl (C=O) groups excluding carboxylic acids is 2. The standard InChI is InChI=1S/C16H23N2O4S/c1-15(2,3)21-13(19)18(14(20)22-16(4,5)6)11-17-10-12-8-7-9-23-12/h7-9H,11H2,1-6H3/q+1. The molecule has 0 bridgehead atoms. The summed E-state index contributed by atoms with van der Waals surface area (Å²) in [5.74, 6) is 0. The highest BCUT2D eigenvalue weighted by Crippen LogP contribution is 2.14. The molecule has 1 aromatic rings. The summed E-state index contributed by atoms with van der Waals surface area (Å²) in [6, 6.07) is 6.47. The zero-order chi connectivity index (χ0) is 17.7. The third-order valence-electron chi connectivity index (χ3n) is 2.15. The first-order chi connectivity index (χ1) is 10.5. The minimum Gasteiger partial charge on any atom is -0.443 e. The van der Waals surface area contributed by atoms with Crippen LogP contribution >= 0.6 is 11.3 Å². The van der Waals surface area contributed by atoms with Crippen molar-refractivity contribution in [3.63, 3.8) is 0 Å². The van der Waals surface area contributed by atoms with E-state index in [1.165, 1.54) is 11.3 Å². The maximum atomic E-state index is 12.2. The summed E-state index contributed by atoms with van der Waals surface area (Å²) < 4.78 is 10.4. The van der Waals surface area contributed by atoms with Gasteiger partial charge in [-0.3, -0.25) is 0 Å². The quantitative estimate of drug-likeness (QED) is 0.752. The van der Waals surface area contributed by atoms with E-state index >= 15 is 0 Å². The molecule has 0 radical (unpaired) electrons. The highest BCUT2D eigenvalue weighted by Gasteiger charge is 2.33. The van der Waals surface area contributed by atoms with Gasteiger partial charge >= 0.3 is 24.9 Å². The number of imide groups is 1. The average Bonchev–Trinajstić information content (AvgIpc) is 2.82. The molecule has 1 heterocycles. The number of ether oxygens (including phenoxy) is 2. The van der Waals surface area contributed by atoms with Crippen LogP contribution in [-0.4, -0.2) is 35.0 Å². The summed E-state index contributed by atoms with van der Waals surface area (Å²) in [6.45, 7) is 10.1. The van der Waals surface area contributed by atoms with Crippen molar-refractivity contribution in [1.29, 1.82) is 0 Å². The molecule has 6 nitrogen and oxygen atoms in total. The molecule has 0 aliphatic heterocycles. The van der Waals surface area contributed by atoms with Crippen LogP contribution in [0.4, 0.5) is 9.59 Å². The Bertz CT molecular complexity index is 573. The van der Waals surface area contributed by atoms with Crippen LogP contribution in [0, 0.1) is 6.07 Å². The molecule has 23 heavy (non-hydrogen) atoms. The Kier molecular flexibility index (Phi) is 6.16. The van der Waals surface area contributed by atoms with E-state index in [2.05, 4.69) is 10.9 Å². The normalized spacial score (nSPS) is 11.2. The van der Waals surface area contributed by atoms with Crippen LogP contribution in [0.1, 0.15) is 46.4 Å². The second-order valence-corrected chi connectivity index (χ2v) is 7.73. The number of rotatable bonds is 1. The first-order valence-corrected chi connectivity index (χ1v) is 8.05. The molecule has 0 N–H and O–H groups in total. The van der Waals surface area contributed by atoms with Crippen LogP contribution < -0.4 is 0 Å². The van der Waals surface area contributed by atoms with Gasteiger partial charge in [0.25, 0.3) is 0 Å². The largest absolute Gasteiger partial charge is 0.443 e. The van der Waals surface area contributed by atoms with E-state index in [0.717, 1.165) is 9.78 Å². The average molecular weight is 339 g/mol. The van der Waals surface area contributed by atoms with Gasteiger partial charge in [-0.25, -0.2) is 9.59 Å². The molecule has 7 heteroatoms. The zero-order valence-electron chi connectivity index (χ0n) is 14.4.